The molecule has 0 heterocycles. The van der Waals surface area contributed by atoms with E-state index in [9.17, 15) is 4.79 Å². The number of unbranched alkanes of at least 4 members (excludes halogenated alkanes) is 6. The van der Waals surface area contributed by atoms with Crippen LogP contribution < -0.4 is 0 Å². The molecular formula is C17H34O4. The molecule has 0 amide bonds. The summed E-state index contributed by atoms with van der Waals surface area (Å²) in [7, 11) is 0. The Hall–Kier alpha value is -0.610. The monoisotopic (exact) mass is 302 g/mol. The average Bonchev–Trinajstić information content (AvgIpc) is 2.45. The third kappa shape index (κ3) is 17.3. The van der Waals surface area contributed by atoms with Crippen LogP contribution in [-0.2, 0) is 19.0 Å². The van der Waals surface area contributed by atoms with E-state index in [1.807, 2.05) is 13.8 Å². The van der Waals surface area contributed by atoms with E-state index in [-0.39, 0.29) is 12.1 Å². The van der Waals surface area contributed by atoms with Gasteiger partial charge < -0.3 is 14.2 Å². The van der Waals surface area contributed by atoms with Crippen molar-refractivity contribution in [2.24, 2.45) is 0 Å². The Balaban J connectivity index is 3.16. The lowest BCUT2D eigenvalue weighted by atomic mass is 10.1. The molecule has 0 saturated carbocycles. The molecule has 0 fully saturated rings. The third-order valence-corrected chi connectivity index (χ3v) is 3.15. The number of carbonyl (C=O) groups excluding carboxylic acids is 1. The standard InChI is InChI=1S/C17H34O4/c1-4-5-6-7-8-9-10-11-17(18)21-15-13-19-12-14-20-16(2)3/h16H,4-15H2,1-3H3. The summed E-state index contributed by atoms with van der Waals surface area (Å²) in [6, 6.07) is 0. The third-order valence-electron chi connectivity index (χ3n) is 3.15. The molecule has 0 rings (SSSR count). The van der Waals surface area contributed by atoms with Crippen molar-refractivity contribution in [1.29, 1.82) is 0 Å². The van der Waals surface area contributed by atoms with Gasteiger partial charge in [0.25, 0.3) is 0 Å². The first-order valence-electron chi connectivity index (χ1n) is 8.51. The quantitative estimate of drug-likeness (QED) is 0.337. The van der Waals surface area contributed by atoms with Gasteiger partial charge in [-0.3, -0.25) is 4.79 Å². The maximum Gasteiger partial charge on any atom is 0.305 e. The molecule has 0 saturated heterocycles. The predicted molar refractivity (Wildman–Crippen MR) is 85.5 cm³/mol. The van der Waals surface area contributed by atoms with Crippen molar-refractivity contribution in [2.75, 3.05) is 26.4 Å². The maximum atomic E-state index is 11.5. The molecule has 0 atom stereocenters. The zero-order valence-corrected chi connectivity index (χ0v) is 14.2. The smallest absolute Gasteiger partial charge is 0.305 e. The summed E-state index contributed by atoms with van der Waals surface area (Å²) in [6.07, 6.45) is 9.26. The van der Waals surface area contributed by atoms with Crippen molar-refractivity contribution in [3.05, 3.63) is 0 Å². The van der Waals surface area contributed by atoms with Gasteiger partial charge in [-0.1, -0.05) is 45.4 Å². The minimum atomic E-state index is -0.106. The minimum absolute atomic E-state index is 0.106. The maximum absolute atomic E-state index is 11.5. The largest absolute Gasteiger partial charge is 0.463 e. The second kappa shape index (κ2) is 15.8. The summed E-state index contributed by atoms with van der Waals surface area (Å²) in [5, 5.41) is 0. The van der Waals surface area contributed by atoms with Crippen LogP contribution in [0.3, 0.4) is 0 Å². The van der Waals surface area contributed by atoms with Crippen molar-refractivity contribution in [3.63, 3.8) is 0 Å². The van der Waals surface area contributed by atoms with Gasteiger partial charge in [-0.05, 0) is 20.3 Å². The highest BCUT2D eigenvalue weighted by Crippen LogP contribution is 2.08. The van der Waals surface area contributed by atoms with Crippen LogP contribution in [-0.4, -0.2) is 38.5 Å². The first kappa shape index (κ1) is 20.4. The molecule has 21 heavy (non-hydrogen) atoms. The van der Waals surface area contributed by atoms with Crippen LogP contribution in [0.15, 0.2) is 0 Å². The van der Waals surface area contributed by atoms with Gasteiger partial charge in [-0.25, -0.2) is 0 Å². The van der Waals surface area contributed by atoms with Gasteiger partial charge in [0.2, 0.25) is 0 Å². The molecule has 0 N–H and O–H groups in total. The number of carbonyl (C=O) groups is 1. The Labute approximate surface area is 130 Å². The zero-order valence-electron chi connectivity index (χ0n) is 14.2. The van der Waals surface area contributed by atoms with Gasteiger partial charge in [0.15, 0.2) is 0 Å². The molecular weight excluding hydrogens is 268 g/mol. The Bertz CT molecular complexity index is 229. The summed E-state index contributed by atoms with van der Waals surface area (Å²) in [4.78, 5) is 11.5. The molecule has 0 spiro atoms. The number of hydrogen-bond donors (Lipinski definition) is 0. The minimum Gasteiger partial charge on any atom is -0.463 e. The molecule has 4 heteroatoms. The normalized spacial score (nSPS) is 11.0. The molecule has 0 radical (unpaired) electrons. The highest BCUT2D eigenvalue weighted by atomic mass is 16.6. The number of rotatable bonds is 15. The molecule has 0 aliphatic heterocycles. The lowest BCUT2D eigenvalue weighted by Gasteiger charge is -2.08. The van der Waals surface area contributed by atoms with Crippen molar-refractivity contribution in [2.45, 2.75) is 78.2 Å². The number of hydrogen-bond acceptors (Lipinski definition) is 4. The van der Waals surface area contributed by atoms with Crippen LogP contribution in [0.1, 0.15) is 72.1 Å². The topological polar surface area (TPSA) is 44.8 Å². The number of esters is 1. The molecule has 0 aliphatic rings. The van der Waals surface area contributed by atoms with E-state index >= 15 is 0 Å². The highest BCUT2D eigenvalue weighted by Gasteiger charge is 2.02. The fourth-order valence-corrected chi connectivity index (χ4v) is 1.96. The molecule has 0 unspecified atom stereocenters. The second-order valence-electron chi connectivity index (χ2n) is 5.62. The van der Waals surface area contributed by atoms with Crippen molar-refractivity contribution in [1.82, 2.24) is 0 Å². The molecule has 0 bridgehead atoms. The summed E-state index contributed by atoms with van der Waals surface area (Å²) >= 11 is 0. The van der Waals surface area contributed by atoms with Crippen LogP contribution in [0, 0.1) is 0 Å². The molecule has 0 aromatic carbocycles. The van der Waals surface area contributed by atoms with Crippen molar-refractivity contribution < 1.29 is 19.0 Å². The summed E-state index contributed by atoms with van der Waals surface area (Å²) < 4.78 is 15.8. The Morgan fingerprint density at radius 3 is 2.14 bits per heavy atom. The van der Waals surface area contributed by atoms with Crippen molar-refractivity contribution in [3.8, 4) is 0 Å². The van der Waals surface area contributed by atoms with Gasteiger partial charge in [-0.2, -0.15) is 0 Å². The van der Waals surface area contributed by atoms with Crippen molar-refractivity contribution >= 4 is 5.97 Å². The Morgan fingerprint density at radius 1 is 0.857 bits per heavy atom. The van der Waals surface area contributed by atoms with Gasteiger partial charge in [-0.15, -0.1) is 0 Å². The first-order valence-corrected chi connectivity index (χ1v) is 8.51. The molecule has 4 nitrogen and oxygen atoms in total. The molecule has 0 aliphatic carbocycles. The fourth-order valence-electron chi connectivity index (χ4n) is 1.96. The summed E-state index contributed by atoms with van der Waals surface area (Å²) in [6.45, 7) is 8.13. The van der Waals surface area contributed by atoms with Gasteiger partial charge in [0.05, 0.1) is 25.9 Å². The van der Waals surface area contributed by atoms with Crippen LogP contribution in [0.2, 0.25) is 0 Å². The average molecular weight is 302 g/mol. The SMILES string of the molecule is CCCCCCCCCC(=O)OCCOCCOC(C)C. The van der Waals surface area contributed by atoms with Gasteiger partial charge >= 0.3 is 5.97 Å². The predicted octanol–water partition coefficient (Wildman–Crippen LogP) is 4.11. The van der Waals surface area contributed by atoms with E-state index in [1.165, 1.54) is 32.1 Å². The van der Waals surface area contributed by atoms with E-state index in [1.54, 1.807) is 0 Å². The van der Waals surface area contributed by atoms with Crippen LogP contribution in [0.4, 0.5) is 0 Å². The lowest BCUT2D eigenvalue weighted by molar-refractivity contribution is -0.145. The lowest BCUT2D eigenvalue weighted by Crippen LogP contribution is -2.14. The summed E-state index contributed by atoms with van der Waals surface area (Å²) in [5.74, 6) is -0.106. The van der Waals surface area contributed by atoms with E-state index in [0.717, 1.165) is 12.8 Å². The van der Waals surface area contributed by atoms with E-state index in [4.69, 9.17) is 14.2 Å². The van der Waals surface area contributed by atoms with Crippen LogP contribution in [0.25, 0.3) is 0 Å². The zero-order chi connectivity index (χ0) is 15.8. The van der Waals surface area contributed by atoms with Crippen LogP contribution in [0.5, 0.6) is 0 Å². The molecule has 126 valence electrons. The van der Waals surface area contributed by atoms with Crippen LogP contribution >= 0.6 is 0 Å². The van der Waals surface area contributed by atoms with E-state index in [2.05, 4.69) is 6.92 Å². The fraction of sp³-hybridized carbons (Fsp3) is 0.941. The Morgan fingerprint density at radius 2 is 1.48 bits per heavy atom. The van der Waals surface area contributed by atoms with E-state index in [0.29, 0.717) is 32.8 Å². The molecule has 0 aromatic heterocycles. The summed E-state index contributed by atoms with van der Waals surface area (Å²) in [5.41, 5.74) is 0. The van der Waals surface area contributed by atoms with E-state index < -0.39 is 0 Å². The Kier molecular flexibility index (Phi) is 15.3. The molecule has 0 aromatic rings. The van der Waals surface area contributed by atoms with Gasteiger partial charge in [0, 0.05) is 6.42 Å². The highest BCUT2D eigenvalue weighted by molar-refractivity contribution is 5.69. The number of ether oxygens (including phenoxy) is 3. The van der Waals surface area contributed by atoms with Gasteiger partial charge in [0.1, 0.15) is 6.61 Å². The first-order chi connectivity index (χ1) is 10.2. The second-order valence-corrected chi connectivity index (χ2v) is 5.62.